The van der Waals surface area contributed by atoms with Crippen LogP contribution in [0.25, 0.3) is 0 Å². The molecule has 5 nitrogen and oxygen atoms in total. The van der Waals surface area contributed by atoms with Crippen molar-refractivity contribution in [3.8, 4) is 0 Å². The number of carbonyl (C=O) groups is 1. The first-order valence-corrected chi connectivity index (χ1v) is 6.45. The van der Waals surface area contributed by atoms with Gasteiger partial charge in [0, 0.05) is 6.04 Å². The monoisotopic (exact) mass is 244 g/mol. The fourth-order valence-electron chi connectivity index (χ4n) is 2.17. The predicted molar refractivity (Wildman–Crippen MR) is 65.6 cm³/mol. The summed E-state index contributed by atoms with van der Waals surface area (Å²) in [5.74, 6) is -0.0520. The van der Waals surface area contributed by atoms with Crippen LogP contribution in [0.4, 0.5) is 0 Å². The van der Waals surface area contributed by atoms with Gasteiger partial charge in [0.15, 0.2) is 0 Å². The molecule has 1 rings (SSSR count). The Morgan fingerprint density at radius 2 is 1.82 bits per heavy atom. The van der Waals surface area contributed by atoms with Gasteiger partial charge in [-0.25, -0.2) is 0 Å². The molecule has 0 aromatic carbocycles. The minimum absolute atomic E-state index is 0.0520. The smallest absolute Gasteiger partial charge is 0.237 e. The number of hydrogen-bond acceptors (Lipinski definition) is 4. The van der Waals surface area contributed by atoms with Crippen molar-refractivity contribution in [2.45, 2.75) is 57.2 Å². The highest BCUT2D eigenvalue weighted by Gasteiger charge is 2.21. The summed E-state index contributed by atoms with van der Waals surface area (Å²) in [5, 5.41) is 23.7. The predicted octanol–water partition coefficient (Wildman–Crippen LogP) is -0.233. The summed E-state index contributed by atoms with van der Waals surface area (Å²) in [6, 6.07) is -0.523. The van der Waals surface area contributed by atoms with Gasteiger partial charge in [-0.2, -0.15) is 0 Å². The van der Waals surface area contributed by atoms with Crippen LogP contribution in [-0.2, 0) is 4.79 Å². The van der Waals surface area contributed by atoms with Crippen molar-refractivity contribution in [3.63, 3.8) is 0 Å². The van der Waals surface area contributed by atoms with E-state index in [-0.39, 0.29) is 25.2 Å². The van der Waals surface area contributed by atoms with E-state index in [0.29, 0.717) is 6.04 Å². The second kappa shape index (κ2) is 7.63. The summed E-state index contributed by atoms with van der Waals surface area (Å²) in [7, 11) is 0. The first-order valence-electron chi connectivity index (χ1n) is 6.45. The van der Waals surface area contributed by atoms with Gasteiger partial charge in [-0.05, 0) is 19.8 Å². The zero-order valence-electron chi connectivity index (χ0n) is 10.5. The maximum atomic E-state index is 11.8. The molecular formula is C12H24N2O3. The molecule has 1 amide bonds. The molecule has 1 aliphatic rings. The average Bonchev–Trinajstić information content (AvgIpc) is 2.36. The Morgan fingerprint density at radius 1 is 1.24 bits per heavy atom. The molecule has 4 N–H and O–H groups in total. The molecule has 1 aliphatic carbocycles. The maximum Gasteiger partial charge on any atom is 0.237 e. The molecule has 0 spiro atoms. The van der Waals surface area contributed by atoms with Gasteiger partial charge in [0.2, 0.25) is 5.91 Å². The fraction of sp³-hybridized carbons (Fsp3) is 0.917. The van der Waals surface area contributed by atoms with E-state index in [1.54, 1.807) is 6.92 Å². The van der Waals surface area contributed by atoms with E-state index >= 15 is 0 Å². The number of rotatable bonds is 6. The van der Waals surface area contributed by atoms with E-state index in [2.05, 4.69) is 10.6 Å². The van der Waals surface area contributed by atoms with E-state index in [9.17, 15) is 4.79 Å². The summed E-state index contributed by atoms with van der Waals surface area (Å²) in [4.78, 5) is 11.8. The van der Waals surface area contributed by atoms with E-state index < -0.39 is 6.04 Å². The second-order valence-corrected chi connectivity index (χ2v) is 4.79. The minimum atomic E-state index is -0.429. The first-order chi connectivity index (χ1) is 8.17. The molecule has 5 heteroatoms. The largest absolute Gasteiger partial charge is 0.395 e. The molecule has 1 atom stereocenters. The van der Waals surface area contributed by atoms with E-state index in [0.717, 1.165) is 12.8 Å². The van der Waals surface area contributed by atoms with Crippen LogP contribution < -0.4 is 10.6 Å². The van der Waals surface area contributed by atoms with Crippen LogP contribution in [-0.4, -0.2) is 47.5 Å². The number of aliphatic hydroxyl groups is 2. The first kappa shape index (κ1) is 14.4. The molecule has 0 heterocycles. The van der Waals surface area contributed by atoms with Gasteiger partial charge < -0.3 is 15.5 Å². The lowest BCUT2D eigenvalue weighted by Gasteiger charge is -2.26. The fourth-order valence-corrected chi connectivity index (χ4v) is 2.17. The molecule has 17 heavy (non-hydrogen) atoms. The average molecular weight is 244 g/mol. The SMILES string of the molecule is CC(NC(CO)CO)C(=O)NC1CCCCC1. The number of aliphatic hydroxyl groups excluding tert-OH is 2. The van der Waals surface area contributed by atoms with Gasteiger partial charge in [0.1, 0.15) is 0 Å². The van der Waals surface area contributed by atoms with Crippen LogP contribution in [0.15, 0.2) is 0 Å². The van der Waals surface area contributed by atoms with Crippen LogP contribution in [0.3, 0.4) is 0 Å². The Labute approximate surface area is 103 Å². The normalized spacial score (nSPS) is 19.3. The van der Waals surface area contributed by atoms with Crippen molar-refractivity contribution < 1.29 is 15.0 Å². The highest BCUT2D eigenvalue weighted by molar-refractivity contribution is 5.81. The Balaban J connectivity index is 2.30. The second-order valence-electron chi connectivity index (χ2n) is 4.79. The van der Waals surface area contributed by atoms with Crippen molar-refractivity contribution >= 4 is 5.91 Å². The topological polar surface area (TPSA) is 81.6 Å². The lowest BCUT2D eigenvalue weighted by atomic mass is 9.95. The summed E-state index contributed by atoms with van der Waals surface area (Å²) < 4.78 is 0. The molecule has 1 fully saturated rings. The third-order valence-corrected chi connectivity index (χ3v) is 3.27. The van der Waals surface area contributed by atoms with Gasteiger partial charge in [-0.15, -0.1) is 0 Å². The molecule has 0 aliphatic heterocycles. The van der Waals surface area contributed by atoms with E-state index in [1.165, 1.54) is 19.3 Å². The standard InChI is InChI=1S/C12H24N2O3/c1-9(13-11(7-15)8-16)12(17)14-10-5-3-2-4-6-10/h9-11,13,15-16H,2-8H2,1H3,(H,14,17). The van der Waals surface area contributed by atoms with Crippen LogP contribution in [0.5, 0.6) is 0 Å². The quantitative estimate of drug-likeness (QED) is 0.520. The van der Waals surface area contributed by atoms with Gasteiger partial charge >= 0.3 is 0 Å². The van der Waals surface area contributed by atoms with E-state index in [4.69, 9.17) is 10.2 Å². The number of nitrogens with one attached hydrogen (secondary N) is 2. The summed E-state index contributed by atoms with van der Waals surface area (Å²) in [6.07, 6.45) is 5.74. The Bertz CT molecular complexity index is 226. The van der Waals surface area contributed by atoms with Crippen molar-refractivity contribution in [2.75, 3.05) is 13.2 Å². The van der Waals surface area contributed by atoms with Gasteiger partial charge in [-0.1, -0.05) is 19.3 Å². The van der Waals surface area contributed by atoms with Crippen LogP contribution in [0.1, 0.15) is 39.0 Å². The van der Waals surface area contributed by atoms with Crippen LogP contribution >= 0.6 is 0 Å². The molecule has 0 aromatic heterocycles. The molecule has 0 radical (unpaired) electrons. The van der Waals surface area contributed by atoms with Gasteiger partial charge in [-0.3, -0.25) is 10.1 Å². The van der Waals surface area contributed by atoms with Crippen molar-refractivity contribution in [1.82, 2.24) is 10.6 Å². The van der Waals surface area contributed by atoms with Crippen molar-refractivity contribution in [3.05, 3.63) is 0 Å². The Hall–Kier alpha value is -0.650. The highest BCUT2D eigenvalue weighted by Crippen LogP contribution is 2.17. The maximum absolute atomic E-state index is 11.8. The zero-order chi connectivity index (χ0) is 12.7. The van der Waals surface area contributed by atoms with Crippen molar-refractivity contribution in [2.24, 2.45) is 0 Å². The minimum Gasteiger partial charge on any atom is -0.395 e. The molecule has 100 valence electrons. The highest BCUT2D eigenvalue weighted by atomic mass is 16.3. The molecular weight excluding hydrogens is 220 g/mol. The molecule has 1 unspecified atom stereocenters. The van der Waals surface area contributed by atoms with E-state index in [1.807, 2.05) is 0 Å². The molecule has 1 saturated carbocycles. The summed E-state index contributed by atoms with van der Waals surface area (Å²) >= 11 is 0. The molecule has 0 aromatic rings. The Morgan fingerprint density at radius 3 is 2.35 bits per heavy atom. The number of amides is 1. The van der Waals surface area contributed by atoms with Crippen molar-refractivity contribution in [1.29, 1.82) is 0 Å². The summed E-state index contributed by atoms with van der Waals surface area (Å²) in [5.41, 5.74) is 0. The lowest BCUT2D eigenvalue weighted by Crippen LogP contribution is -2.51. The zero-order valence-corrected chi connectivity index (χ0v) is 10.5. The van der Waals surface area contributed by atoms with Crippen LogP contribution in [0, 0.1) is 0 Å². The summed E-state index contributed by atoms with van der Waals surface area (Å²) in [6.45, 7) is 1.41. The molecule has 0 saturated heterocycles. The third kappa shape index (κ3) is 5.02. The lowest BCUT2D eigenvalue weighted by molar-refractivity contribution is -0.124. The molecule has 0 bridgehead atoms. The third-order valence-electron chi connectivity index (χ3n) is 3.27. The van der Waals surface area contributed by atoms with Gasteiger partial charge in [0.25, 0.3) is 0 Å². The number of hydrogen-bond donors (Lipinski definition) is 4. The van der Waals surface area contributed by atoms with Crippen LogP contribution in [0.2, 0.25) is 0 Å². The Kier molecular flexibility index (Phi) is 6.47. The number of carbonyl (C=O) groups excluding carboxylic acids is 1. The van der Waals surface area contributed by atoms with Gasteiger partial charge in [0.05, 0.1) is 25.3 Å².